The molecule has 0 fully saturated rings. The highest BCUT2D eigenvalue weighted by Gasteiger charge is 2.26. The van der Waals surface area contributed by atoms with Crippen molar-refractivity contribution < 1.29 is 4.79 Å². The summed E-state index contributed by atoms with van der Waals surface area (Å²) in [6.45, 7) is 0. The molecule has 0 bridgehead atoms. The Morgan fingerprint density at radius 2 is 1.90 bits per heavy atom. The van der Waals surface area contributed by atoms with E-state index in [4.69, 9.17) is 11.6 Å². The van der Waals surface area contributed by atoms with Crippen LogP contribution in [0, 0.1) is 11.3 Å². The highest BCUT2D eigenvalue weighted by Crippen LogP contribution is 2.24. The van der Waals surface area contributed by atoms with Gasteiger partial charge in [0.25, 0.3) is 0 Å². The number of imidazole rings is 1. The van der Waals surface area contributed by atoms with Gasteiger partial charge in [-0.2, -0.15) is 5.26 Å². The molecule has 3 rings (SSSR count). The summed E-state index contributed by atoms with van der Waals surface area (Å²) in [5.41, 5.74) is 1.84. The second-order valence-electron chi connectivity index (χ2n) is 4.55. The number of H-pyrrole nitrogens is 1. The van der Waals surface area contributed by atoms with Gasteiger partial charge < -0.3 is 4.98 Å². The Morgan fingerprint density at radius 3 is 2.62 bits per heavy atom. The lowest BCUT2D eigenvalue weighted by atomic mass is 9.98. The molecule has 102 valence electrons. The van der Waals surface area contributed by atoms with Crippen LogP contribution in [-0.2, 0) is 0 Å². The van der Waals surface area contributed by atoms with Crippen LogP contribution in [-0.4, -0.2) is 15.8 Å². The Labute approximate surface area is 126 Å². The molecule has 5 heteroatoms. The quantitative estimate of drug-likeness (QED) is 0.749. The van der Waals surface area contributed by atoms with Gasteiger partial charge >= 0.3 is 0 Å². The molecular weight excluding hydrogens is 286 g/mol. The monoisotopic (exact) mass is 295 g/mol. The van der Waals surface area contributed by atoms with E-state index in [0.717, 1.165) is 11.0 Å². The van der Waals surface area contributed by atoms with E-state index in [2.05, 4.69) is 9.97 Å². The number of aromatic nitrogens is 2. The van der Waals surface area contributed by atoms with Crippen LogP contribution in [0.3, 0.4) is 0 Å². The van der Waals surface area contributed by atoms with Gasteiger partial charge in [0.15, 0.2) is 11.7 Å². The van der Waals surface area contributed by atoms with E-state index in [1.54, 1.807) is 24.3 Å². The molecule has 1 aromatic heterocycles. The number of aromatic amines is 1. The van der Waals surface area contributed by atoms with Gasteiger partial charge in [0.1, 0.15) is 5.82 Å². The molecule has 0 saturated heterocycles. The molecule has 4 nitrogen and oxygen atoms in total. The Hall–Kier alpha value is -2.64. The highest BCUT2D eigenvalue weighted by molar-refractivity contribution is 6.34. The first-order valence-corrected chi connectivity index (χ1v) is 6.71. The largest absolute Gasteiger partial charge is 0.340 e. The molecule has 1 N–H and O–H groups in total. The van der Waals surface area contributed by atoms with E-state index in [-0.39, 0.29) is 5.78 Å². The summed E-state index contributed by atoms with van der Waals surface area (Å²) in [6, 6.07) is 16.1. The van der Waals surface area contributed by atoms with Crippen LogP contribution < -0.4 is 0 Å². The van der Waals surface area contributed by atoms with E-state index in [0.29, 0.717) is 16.4 Å². The van der Waals surface area contributed by atoms with Crippen molar-refractivity contribution in [2.45, 2.75) is 5.92 Å². The summed E-state index contributed by atoms with van der Waals surface area (Å²) in [5, 5.41) is 9.69. The second kappa shape index (κ2) is 5.39. The van der Waals surface area contributed by atoms with Gasteiger partial charge in [0.2, 0.25) is 0 Å². The zero-order valence-electron chi connectivity index (χ0n) is 10.9. The van der Waals surface area contributed by atoms with Gasteiger partial charge in [0.05, 0.1) is 22.1 Å². The molecule has 1 atom stereocenters. The minimum Gasteiger partial charge on any atom is -0.340 e. The van der Waals surface area contributed by atoms with E-state index in [1.165, 1.54) is 0 Å². The minimum absolute atomic E-state index is 0.325. The van der Waals surface area contributed by atoms with Crippen LogP contribution in [0.25, 0.3) is 11.0 Å². The van der Waals surface area contributed by atoms with E-state index < -0.39 is 5.92 Å². The smallest absolute Gasteiger partial charge is 0.189 e. The first kappa shape index (κ1) is 13.3. The molecule has 2 aromatic carbocycles. The zero-order chi connectivity index (χ0) is 14.8. The first-order chi connectivity index (χ1) is 10.2. The minimum atomic E-state index is -1.00. The van der Waals surface area contributed by atoms with Crippen molar-refractivity contribution in [3.8, 4) is 6.07 Å². The molecule has 0 saturated carbocycles. The number of halogens is 1. The number of carbonyl (C=O) groups is 1. The molecule has 0 amide bonds. The average molecular weight is 296 g/mol. The maximum absolute atomic E-state index is 12.5. The molecule has 21 heavy (non-hydrogen) atoms. The van der Waals surface area contributed by atoms with Crippen molar-refractivity contribution in [3.05, 3.63) is 64.9 Å². The molecule has 0 aliphatic rings. The normalized spacial score (nSPS) is 12.0. The summed E-state index contributed by atoms with van der Waals surface area (Å²) in [5.74, 6) is -1.02. The summed E-state index contributed by atoms with van der Waals surface area (Å²) in [4.78, 5) is 19.8. The average Bonchev–Trinajstić information content (AvgIpc) is 2.91. The highest BCUT2D eigenvalue weighted by atomic mass is 35.5. The SMILES string of the molecule is N#CC(C(=O)c1ccccc1Cl)c1nc2ccccc2[nH]1. The van der Waals surface area contributed by atoms with Crippen LogP contribution in [0.2, 0.25) is 5.02 Å². The Balaban J connectivity index is 2.04. The van der Waals surface area contributed by atoms with Gasteiger partial charge in [-0.3, -0.25) is 4.79 Å². The van der Waals surface area contributed by atoms with Gasteiger partial charge in [-0.25, -0.2) is 4.98 Å². The fraction of sp³-hybridized carbons (Fsp3) is 0.0625. The maximum atomic E-state index is 12.5. The number of fused-ring (bicyclic) bond motifs is 1. The van der Waals surface area contributed by atoms with Gasteiger partial charge in [-0.1, -0.05) is 35.9 Å². The molecular formula is C16H10ClN3O. The van der Waals surface area contributed by atoms with Crippen molar-refractivity contribution >= 4 is 28.4 Å². The van der Waals surface area contributed by atoms with Gasteiger partial charge in [0, 0.05) is 5.56 Å². The number of para-hydroxylation sites is 2. The fourth-order valence-corrected chi connectivity index (χ4v) is 2.40. The molecule has 1 heterocycles. The summed E-state index contributed by atoms with van der Waals surface area (Å²) in [7, 11) is 0. The van der Waals surface area contributed by atoms with Gasteiger partial charge in [-0.15, -0.1) is 0 Å². The predicted molar refractivity (Wildman–Crippen MR) is 80.2 cm³/mol. The van der Waals surface area contributed by atoms with Crippen LogP contribution >= 0.6 is 11.6 Å². The lowest BCUT2D eigenvalue weighted by Crippen LogP contribution is -2.13. The van der Waals surface area contributed by atoms with Crippen LogP contribution in [0.5, 0.6) is 0 Å². The van der Waals surface area contributed by atoms with Crippen LogP contribution in [0.4, 0.5) is 0 Å². The first-order valence-electron chi connectivity index (χ1n) is 6.33. The number of carbonyl (C=O) groups excluding carboxylic acids is 1. The van der Waals surface area contributed by atoms with Crippen molar-refractivity contribution in [1.29, 1.82) is 5.26 Å². The number of nitriles is 1. The standard InChI is InChI=1S/C16H10ClN3O/c17-12-6-2-1-5-10(12)15(21)11(9-18)16-19-13-7-3-4-8-14(13)20-16/h1-8,11H,(H,19,20). The second-order valence-corrected chi connectivity index (χ2v) is 4.95. The topological polar surface area (TPSA) is 69.5 Å². The number of Topliss-reactive ketones (excluding diaryl/α,β-unsaturated/α-hetero) is 1. The van der Waals surface area contributed by atoms with Crippen molar-refractivity contribution in [2.75, 3.05) is 0 Å². The van der Waals surface area contributed by atoms with Crippen LogP contribution in [0.15, 0.2) is 48.5 Å². The number of benzene rings is 2. The third-order valence-electron chi connectivity index (χ3n) is 3.21. The molecule has 0 aliphatic carbocycles. The summed E-state index contributed by atoms with van der Waals surface area (Å²) in [6.07, 6.45) is 0. The number of nitrogens with one attached hydrogen (secondary N) is 1. The van der Waals surface area contributed by atoms with Crippen molar-refractivity contribution in [3.63, 3.8) is 0 Å². The lowest BCUT2D eigenvalue weighted by Gasteiger charge is -2.06. The van der Waals surface area contributed by atoms with E-state index >= 15 is 0 Å². The molecule has 0 radical (unpaired) electrons. The number of rotatable bonds is 3. The van der Waals surface area contributed by atoms with Gasteiger partial charge in [-0.05, 0) is 24.3 Å². The molecule has 0 spiro atoms. The Kier molecular flexibility index (Phi) is 3.43. The third-order valence-corrected chi connectivity index (χ3v) is 3.54. The number of ketones is 1. The summed E-state index contributed by atoms with van der Waals surface area (Å²) >= 11 is 6.03. The lowest BCUT2D eigenvalue weighted by molar-refractivity contribution is 0.0976. The molecule has 1 unspecified atom stereocenters. The fourth-order valence-electron chi connectivity index (χ4n) is 2.17. The number of nitrogens with zero attached hydrogens (tertiary/aromatic N) is 2. The third kappa shape index (κ3) is 2.39. The Morgan fingerprint density at radius 1 is 1.19 bits per heavy atom. The maximum Gasteiger partial charge on any atom is 0.189 e. The van der Waals surface area contributed by atoms with Crippen molar-refractivity contribution in [1.82, 2.24) is 9.97 Å². The number of hydrogen-bond acceptors (Lipinski definition) is 3. The van der Waals surface area contributed by atoms with Crippen LogP contribution in [0.1, 0.15) is 22.1 Å². The van der Waals surface area contributed by atoms with E-state index in [9.17, 15) is 10.1 Å². The van der Waals surface area contributed by atoms with Crippen molar-refractivity contribution in [2.24, 2.45) is 0 Å². The molecule has 0 aliphatic heterocycles. The Bertz CT molecular complexity index is 830. The predicted octanol–water partition coefficient (Wildman–Crippen LogP) is 3.71. The number of hydrogen-bond donors (Lipinski definition) is 1. The molecule has 3 aromatic rings. The van der Waals surface area contributed by atoms with E-state index in [1.807, 2.05) is 30.3 Å². The summed E-state index contributed by atoms with van der Waals surface area (Å²) < 4.78 is 0. The zero-order valence-corrected chi connectivity index (χ0v) is 11.6.